The summed E-state index contributed by atoms with van der Waals surface area (Å²) in [7, 11) is 1.54. The van der Waals surface area contributed by atoms with Crippen molar-refractivity contribution >= 4 is 11.6 Å². The van der Waals surface area contributed by atoms with Gasteiger partial charge in [0.25, 0.3) is 5.91 Å². The van der Waals surface area contributed by atoms with E-state index < -0.39 is 6.10 Å². The molecule has 1 aliphatic heterocycles. The van der Waals surface area contributed by atoms with E-state index in [-0.39, 0.29) is 19.2 Å². The lowest BCUT2D eigenvalue weighted by molar-refractivity contribution is -0.126. The number of aliphatic hydroxyl groups excluding tert-OH is 1. The molecule has 0 aliphatic carbocycles. The highest BCUT2D eigenvalue weighted by Gasteiger charge is 2.31. The van der Waals surface area contributed by atoms with E-state index in [2.05, 4.69) is 0 Å². The number of nitrogens with zero attached hydrogens (tertiary/aromatic N) is 1. The van der Waals surface area contributed by atoms with Gasteiger partial charge in [0.05, 0.1) is 12.3 Å². The zero-order chi connectivity index (χ0) is 12.4. The van der Waals surface area contributed by atoms with Crippen molar-refractivity contribution in [2.24, 2.45) is 0 Å². The van der Waals surface area contributed by atoms with Gasteiger partial charge in [0.15, 0.2) is 6.10 Å². The molecule has 1 aromatic rings. The Kier molecular flexibility index (Phi) is 3.31. The second-order valence-corrected chi connectivity index (χ2v) is 3.90. The van der Waals surface area contributed by atoms with E-state index in [4.69, 9.17) is 14.6 Å². The summed E-state index contributed by atoms with van der Waals surface area (Å²) in [4.78, 5) is 13.4. The van der Waals surface area contributed by atoms with Crippen LogP contribution < -0.4 is 9.64 Å². The zero-order valence-corrected chi connectivity index (χ0v) is 9.84. The number of rotatable bonds is 3. The lowest BCUT2D eigenvalue weighted by Gasteiger charge is -2.32. The molecular formula is C12H15NO4. The highest BCUT2D eigenvalue weighted by molar-refractivity contribution is 5.99. The molecule has 17 heavy (non-hydrogen) atoms. The lowest BCUT2D eigenvalue weighted by atomic mass is 10.1. The Hall–Kier alpha value is -1.59. The predicted octanol–water partition coefficient (Wildman–Crippen LogP) is 0.897. The van der Waals surface area contributed by atoms with E-state index in [0.717, 1.165) is 5.56 Å². The molecule has 0 radical (unpaired) electrons. The largest absolute Gasteiger partial charge is 0.479 e. The number of methoxy groups -OCH3 is 1. The fourth-order valence-corrected chi connectivity index (χ4v) is 1.82. The molecule has 1 amide bonds. The highest BCUT2D eigenvalue weighted by Crippen LogP contribution is 2.34. The van der Waals surface area contributed by atoms with Crippen LogP contribution in [0.4, 0.5) is 5.69 Å². The fraction of sp³-hybridized carbons (Fsp3) is 0.417. The SMILES string of the molecule is COCN1C(=O)C(C)Oc2cc(CO)ccc21. The van der Waals surface area contributed by atoms with Gasteiger partial charge in [-0.05, 0) is 24.6 Å². The van der Waals surface area contributed by atoms with E-state index in [1.165, 1.54) is 12.0 Å². The van der Waals surface area contributed by atoms with Gasteiger partial charge in [-0.2, -0.15) is 0 Å². The molecule has 1 N–H and O–H groups in total. The number of fused-ring (bicyclic) bond motifs is 1. The number of amides is 1. The van der Waals surface area contributed by atoms with Crippen LogP contribution in [0.5, 0.6) is 5.75 Å². The summed E-state index contributed by atoms with van der Waals surface area (Å²) in [6.07, 6.45) is -0.536. The Morgan fingerprint density at radius 2 is 2.29 bits per heavy atom. The first-order chi connectivity index (χ1) is 8.17. The first kappa shape index (κ1) is 11.9. The molecule has 1 unspecified atom stereocenters. The number of benzene rings is 1. The van der Waals surface area contributed by atoms with Crippen LogP contribution in [0.25, 0.3) is 0 Å². The van der Waals surface area contributed by atoms with E-state index in [1.54, 1.807) is 25.1 Å². The number of aliphatic hydroxyl groups is 1. The highest BCUT2D eigenvalue weighted by atomic mass is 16.5. The Labute approximate surface area is 99.6 Å². The minimum atomic E-state index is -0.536. The van der Waals surface area contributed by atoms with E-state index in [0.29, 0.717) is 11.4 Å². The van der Waals surface area contributed by atoms with Gasteiger partial charge >= 0.3 is 0 Å². The molecule has 1 heterocycles. The molecule has 0 saturated carbocycles. The molecule has 1 atom stereocenters. The van der Waals surface area contributed by atoms with Crippen molar-refractivity contribution < 1.29 is 19.4 Å². The summed E-state index contributed by atoms with van der Waals surface area (Å²) in [5, 5.41) is 9.07. The zero-order valence-electron chi connectivity index (χ0n) is 9.84. The average Bonchev–Trinajstić information content (AvgIpc) is 2.34. The molecule has 1 aliphatic rings. The molecule has 1 aromatic carbocycles. The van der Waals surface area contributed by atoms with Gasteiger partial charge in [-0.15, -0.1) is 0 Å². The molecule has 5 heteroatoms. The summed E-state index contributed by atoms with van der Waals surface area (Å²) < 4.78 is 10.5. The number of ether oxygens (including phenoxy) is 2. The topological polar surface area (TPSA) is 59.0 Å². The van der Waals surface area contributed by atoms with Crippen LogP contribution in [0.2, 0.25) is 0 Å². The van der Waals surface area contributed by atoms with Gasteiger partial charge in [0.1, 0.15) is 12.5 Å². The normalized spacial score (nSPS) is 18.9. The molecule has 2 rings (SSSR count). The number of hydrogen-bond acceptors (Lipinski definition) is 4. The summed E-state index contributed by atoms with van der Waals surface area (Å²) in [6.45, 7) is 1.83. The minimum Gasteiger partial charge on any atom is -0.479 e. The Balaban J connectivity index is 2.41. The van der Waals surface area contributed by atoms with Crippen LogP contribution in [0.15, 0.2) is 18.2 Å². The number of carbonyl (C=O) groups excluding carboxylic acids is 1. The fourth-order valence-electron chi connectivity index (χ4n) is 1.82. The molecule has 0 aromatic heterocycles. The first-order valence-corrected chi connectivity index (χ1v) is 5.38. The summed E-state index contributed by atoms with van der Waals surface area (Å²) >= 11 is 0. The van der Waals surface area contributed by atoms with Crippen LogP contribution >= 0.6 is 0 Å². The summed E-state index contributed by atoms with van der Waals surface area (Å²) in [5.74, 6) is 0.469. The second kappa shape index (κ2) is 4.73. The molecule has 92 valence electrons. The maximum absolute atomic E-state index is 11.9. The third-order valence-corrected chi connectivity index (χ3v) is 2.67. The minimum absolute atomic E-state index is 0.0523. The summed E-state index contributed by atoms with van der Waals surface area (Å²) in [5.41, 5.74) is 1.43. The van der Waals surface area contributed by atoms with E-state index in [1.807, 2.05) is 0 Å². The molecule has 0 bridgehead atoms. The van der Waals surface area contributed by atoms with Crippen LogP contribution in [-0.4, -0.2) is 31.0 Å². The second-order valence-electron chi connectivity index (χ2n) is 3.90. The third kappa shape index (κ3) is 2.11. The van der Waals surface area contributed by atoms with Crippen molar-refractivity contribution in [1.29, 1.82) is 0 Å². The predicted molar refractivity (Wildman–Crippen MR) is 61.8 cm³/mol. The van der Waals surface area contributed by atoms with E-state index >= 15 is 0 Å². The van der Waals surface area contributed by atoms with Crippen molar-refractivity contribution in [1.82, 2.24) is 0 Å². The molecule has 5 nitrogen and oxygen atoms in total. The van der Waals surface area contributed by atoms with Crippen LogP contribution in [-0.2, 0) is 16.1 Å². The van der Waals surface area contributed by atoms with Crippen LogP contribution in [0.3, 0.4) is 0 Å². The smallest absolute Gasteiger partial charge is 0.269 e. The van der Waals surface area contributed by atoms with Crippen molar-refractivity contribution in [2.75, 3.05) is 18.7 Å². The standard InChI is InChI=1S/C12H15NO4/c1-8-12(15)13(7-16-2)10-4-3-9(6-14)5-11(10)17-8/h3-5,8,14H,6-7H2,1-2H3. The van der Waals surface area contributed by atoms with Gasteiger partial charge in [0, 0.05) is 7.11 Å². The first-order valence-electron chi connectivity index (χ1n) is 5.38. The maximum Gasteiger partial charge on any atom is 0.269 e. The average molecular weight is 237 g/mol. The summed E-state index contributed by atoms with van der Waals surface area (Å²) in [6, 6.07) is 5.25. The Bertz CT molecular complexity index is 433. The van der Waals surface area contributed by atoms with Crippen molar-refractivity contribution in [3.63, 3.8) is 0 Å². The third-order valence-electron chi connectivity index (χ3n) is 2.67. The molecule has 0 fully saturated rings. The van der Waals surface area contributed by atoms with E-state index in [9.17, 15) is 4.79 Å². The number of carbonyl (C=O) groups is 1. The van der Waals surface area contributed by atoms with Crippen molar-refractivity contribution in [3.8, 4) is 5.75 Å². The Morgan fingerprint density at radius 3 is 2.94 bits per heavy atom. The van der Waals surface area contributed by atoms with Crippen molar-refractivity contribution in [3.05, 3.63) is 23.8 Å². The van der Waals surface area contributed by atoms with Crippen molar-refractivity contribution in [2.45, 2.75) is 19.6 Å². The van der Waals surface area contributed by atoms with Gasteiger partial charge in [0.2, 0.25) is 0 Å². The van der Waals surface area contributed by atoms with Gasteiger partial charge in [-0.25, -0.2) is 0 Å². The number of hydrogen-bond donors (Lipinski definition) is 1. The number of anilines is 1. The lowest BCUT2D eigenvalue weighted by Crippen LogP contribution is -2.45. The quantitative estimate of drug-likeness (QED) is 0.848. The van der Waals surface area contributed by atoms with Gasteiger partial charge < -0.3 is 14.6 Å². The van der Waals surface area contributed by atoms with Crippen LogP contribution in [0, 0.1) is 0 Å². The molecule has 0 saturated heterocycles. The van der Waals surface area contributed by atoms with Gasteiger partial charge in [-0.3, -0.25) is 9.69 Å². The molecular weight excluding hydrogens is 222 g/mol. The maximum atomic E-state index is 11.9. The molecule has 0 spiro atoms. The Morgan fingerprint density at radius 1 is 1.53 bits per heavy atom. The monoisotopic (exact) mass is 237 g/mol. The van der Waals surface area contributed by atoms with Gasteiger partial charge in [-0.1, -0.05) is 6.07 Å². The van der Waals surface area contributed by atoms with Crippen LogP contribution in [0.1, 0.15) is 12.5 Å².